The molecule has 0 aromatic carbocycles. The monoisotopic (exact) mass is 442 g/mol. The topological polar surface area (TPSA) is 61.1 Å². The first kappa shape index (κ1) is 20.5. The number of nitrogens with zero attached hydrogens (tertiary/aromatic N) is 4. The fourth-order valence-corrected chi connectivity index (χ4v) is 4.40. The Balaban J connectivity index is 1.31. The van der Waals surface area contributed by atoms with Crippen LogP contribution in [0.3, 0.4) is 0 Å². The first-order valence-electron chi connectivity index (χ1n) is 11.0. The van der Waals surface area contributed by atoms with Crippen molar-refractivity contribution >= 4 is 17.2 Å². The molecule has 0 bridgehead atoms. The molecule has 5 rings (SSSR count). The van der Waals surface area contributed by atoms with Crippen LogP contribution in [0.2, 0.25) is 5.02 Å². The van der Waals surface area contributed by atoms with Gasteiger partial charge in [0.1, 0.15) is 24.1 Å². The maximum atomic E-state index is 6.53. The lowest BCUT2D eigenvalue weighted by Gasteiger charge is -2.26. The van der Waals surface area contributed by atoms with Crippen molar-refractivity contribution in [3.8, 4) is 23.0 Å². The Morgan fingerprint density at radius 1 is 1.16 bits per heavy atom. The second kappa shape index (κ2) is 9.42. The van der Waals surface area contributed by atoms with Crippen LogP contribution in [0.4, 0.5) is 0 Å². The molecule has 2 fully saturated rings. The van der Waals surface area contributed by atoms with Crippen LogP contribution in [0, 0.1) is 0 Å². The molecule has 31 heavy (non-hydrogen) atoms. The van der Waals surface area contributed by atoms with E-state index in [1.807, 2.05) is 41.1 Å². The summed E-state index contributed by atoms with van der Waals surface area (Å²) in [7, 11) is 0. The summed E-state index contributed by atoms with van der Waals surface area (Å²) in [4.78, 5) is 11.6. The zero-order valence-corrected chi connectivity index (χ0v) is 18.3. The van der Waals surface area contributed by atoms with Gasteiger partial charge in [-0.2, -0.15) is 0 Å². The lowest BCUT2D eigenvalue weighted by Crippen LogP contribution is -2.38. The van der Waals surface area contributed by atoms with Gasteiger partial charge in [0, 0.05) is 38.0 Å². The predicted molar refractivity (Wildman–Crippen MR) is 119 cm³/mol. The highest BCUT2D eigenvalue weighted by atomic mass is 35.5. The molecular formula is C23H27ClN4O3. The van der Waals surface area contributed by atoms with Crippen molar-refractivity contribution in [2.75, 3.05) is 39.5 Å². The molecular weight excluding hydrogens is 416 g/mol. The van der Waals surface area contributed by atoms with Gasteiger partial charge < -0.3 is 14.2 Å². The zero-order valence-electron chi connectivity index (χ0n) is 17.5. The van der Waals surface area contributed by atoms with E-state index >= 15 is 0 Å². The van der Waals surface area contributed by atoms with Gasteiger partial charge in [0.15, 0.2) is 0 Å². The van der Waals surface area contributed by atoms with E-state index < -0.39 is 0 Å². The Morgan fingerprint density at radius 2 is 2.00 bits per heavy atom. The van der Waals surface area contributed by atoms with E-state index in [1.165, 1.54) is 12.8 Å². The van der Waals surface area contributed by atoms with Gasteiger partial charge in [-0.05, 0) is 31.7 Å². The van der Waals surface area contributed by atoms with Crippen molar-refractivity contribution in [3.63, 3.8) is 0 Å². The predicted octanol–water partition coefficient (Wildman–Crippen LogP) is 4.08. The molecule has 1 aliphatic heterocycles. The molecule has 0 amide bonds. The average Bonchev–Trinajstić information content (AvgIpc) is 3.44. The number of imidazole rings is 1. The van der Waals surface area contributed by atoms with Crippen molar-refractivity contribution < 1.29 is 14.2 Å². The van der Waals surface area contributed by atoms with Gasteiger partial charge in [0.25, 0.3) is 0 Å². The van der Waals surface area contributed by atoms with E-state index in [0.717, 1.165) is 62.7 Å². The lowest BCUT2D eigenvalue weighted by molar-refractivity contribution is 0.0322. The third-order valence-corrected chi connectivity index (χ3v) is 6.19. The first-order chi connectivity index (χ1) is 15.3. The molecule has 2 aliphatic rings. The Labute approximate surface area is 186 Å². The van der Waals surface area contributed by atoms with Crippen molar-refractivity contribution in [1.29, 1.82) is 0 Å². The fraction of sp³-hybridized carbons (Fsp3) is 0.478. The summed E-state index contributed by atoms with van der Waals surface area (Å²) in [6, 6.07) is 7.73. The molecule has 164 valence electrons. The highest BCUT2D eigenvalue weighted by molar-refractivity contribution is 6.32. The van der Waals surface area contributed by atoms with E-state index in [-0.39, 0.29) is 6.10 Å². The SMILES string of the molecule is Clc1cn2c(-c3cccc(OC4CCCC4)n3)cnc2cc1OCCN1CCOCC1. The van der Waals surface area contributed by atoms with Crippen LogP contribution in [0.25, 0.3) is 17.0 Å². The van der Waals surface area contributed by atoms with E-state index in [1.54, 1.807) is 0 Å². The second-order valence-corrected chi connectivity index (χ2v) is 8.45. The number of halogens is 1. The fourth-order valence-electron chi connectivity index (χ4n) is 4.19. The molecule has 1 aliphatic carbocycles. The van der Waals surface area contributed by atoms with Gasteiger partial charge in [-0.3, -0.25) is 9.30 Å². The molecule has 7 nitrogen and oxygen atoms in total. The van der Waals surface area contributed by atoms with Crippen LogP contribution in [-0.4, -0.2) is 64.8 Å². The minimum atomic E-state index is 0.275. The quantitative estimate of drug-likeness (QED) is 0.549. The Kier molecular flexibility index (Phi) is 6.25. The van der Waals surface area contributed by atoms with Crippen LogP contribution in [-0.2, 0) is 4.74 Å². The summed E-state index contributed by atoms with van der Waals surface area (Å²) >= 11 is 6.53. The van der Waals surface area contributed by atoms with E-state index in [9.17, 15) is 0 Å². The third kappa shape index (κ3) is 4.79. The number of pyridine rings is 2. The number of hydrogen-bond acceptors (Lipinski definition) is 6. The van der Waals surface area contributed by atoms with Crippen LogP contribution < -0.4 is 9.47 Å². The average molecular weight is 443 g/mol. The summed E-state index contributed by atoms with van der Waals surface area (Å²) < 4.78 is 19.3. The van der Waals surface area contributed by atoms with Crippen molar-refractivity contribution in [2.24, 2.45) is 0 Å². The number of morpholine rings is 1. The molecule has 0 N–H and O–H groups in total. The highest BCUT2D eigenvalue weighted by Gasteiger charge is 2.18. The molecule has 1 saturated carbocycles. The van der Waals surface area contributed by atoms with Gasteiger partial charge in [-0.25, -0.2) is 9.97 Å². The highest BCUT2D eigenvalue weighted by Crippen LogP contribution is 2.30. The van der Waals surface area contributed by atoms with Crippen LogP contribution in [0.1, 0.15) is 25.7 Å². The standard InChI is InChI=1S/C23H27ClN4O3/c24-18-16-28-20(19-6-3-7-23(26-19)31-17-4-1-2-5-17)15-25-22(28)14-21(18)30-13-10-27-8-11-29-12-9-27/h3,6-7,14-17H,1-2,4-5,8-13H2. The van der Waals surface area contributed by atoms with Crippen molar-refractivity contribution in [1.82, 2.24) is 19.3 Å². The Morgan fingerprint density at radius 3 is 2.84 bits per heavy atom. The zero-order chi connectivity index (χ0) is 21.0. The van der Waals surface area contributed by atoms with Gasteiger partial charge in [0.05, 0.1) is 35.8 Å². The van der Waals surface area contributed by atoms with Gasteiger partial charge in [0.2, 0.25) is 5.88 Å². The Bertz CT molecular complexity index is 1030. The lowest BCUT2D eigenvalue weighted by atomic mass is 10.3. The van der Waals surface area contributed by atoms with Gasteiger partial charge in [-0.1, -0.05) is 17.7 Å². The molecule has 0 spiro atoms. The molecule has 0 unspecified atom stereocenters. The van der Waals surface area contributed by atoms with E-state index in [0.29, 0.717) is 23.3 Å². The number of aromatic nitrogens is 3. The molecule has 0 radical (unpaired) electrons. The number of rotatable bonds is 7. The molecule has 0 atom stereocenters. The van der Waals surface area contributed by atoms with Crippen molar-refractivity contribution in [2.45, 2.75) is 31.8 Å². The van der Waals surface area contributed by atoms with E-state index in [2.05, 4.69) is 9.88 Å². The first-order valence-corrected chi connectivity index (χ1v) is 11.4. The summed E-state index contributed by atoms with van der Waals surface area (Å²) in [6.07, 6.45) is 8.59. The molecule has 1 saturated heterocycles. The third-order valence-electron chi connectivity index (χ3n) is 5.91. The number of hydrogen-bond donors (Lipinski definition) is 0. The summed E-state index contributed by atoms with van der Waals surface area (Å²) in [5, 5.41) is 0.548. The summed E-state index contributed by atoms with van der Waals surface area (Å²) in [6.45, 7) is 4.87. The van der Waals surface area contributed by atoms with Crippen LogP contribution >= 0.6 is 11.6 Å². The minimum absolute atomic E-state index is 0.275. The van der Waals surface area contributed by atoms with Gasteiger partial charge in [-0.15, -0.1) is 0 Å². The maximum absolute atomic E-state index is 6.53. The minimum Gasteiger partial charge on any atom is -0.490 e. The Hall–Kier alpha value is -2.35. The van der Waals surface area contributed by atoms with Crippen molar-refractivity contribution in [3.05, 3.63) is 41.7 Å². The van der Waals surface area contributed by atoms with E-state index in [4.69, 9.17) is 30.8 Å². The molecule has 3 aromatic heterocycles. The second-order valence-electron chi connectivity index (χ2n) is 8.05. The largest absolute Gasteiger partial charge is 0.490 e. The number of fused-ring (bicyclic) bond motifs is 1. The molecule has 3 aromatic rings. The van der Waals surface area contributed by atoms with Gasteiger partial charge >= 0.3 is 0 Å². The normalized spacial score (nSPS) is 18.0. The summed E-state index contributed by atoms with van der Waals surface area (Å²) in [5.41, 5.74) is 2.44. The number of ether oxygens (including phenoxy) is 3. The van der Waals surface area contributed by atoms with Crippen LogP contribution in [0.15, 0.2) is 36.7 Å². The molecule has 8 heteroatoms. The maximum Gasteiger partial charge on any atom is 0.214 e. The smallest absolute Gasteiger partial charge is 0.214 e. The summed E-state index contributed by atoms with van der Waals surface area (Å²) in [5.74, 6) is 1.30. The molecule has 4 heterocycles. The van der Waals surface area contributed by atoms with Crippen LogP contribution in [0.5, 0.6) is 11.6 Å².